The van der Waals surface area contributed by atoms with E-state index in [-0.39, 0.29) is 0 Å². The number of imidazole rings is 1. The van der Waals surface area contributed by atoms with Gasteiger partial charge in [0.25, 0.3) is 0 Å². The van der Waals surface area contributed by atoms with Crippen LogP contribution in [0, 0.1) is 0 Å². The van der Waals surface area contributed by atoms with Crippen molar-refractivity contribution in [3.63, 3.8) is 0 Å². The van der Waals surface area contributed by atoms with Crippen LogP contribution < -0.4 is 5.32 Å². The predicted molar refractivity (Wildman–Crippen MR) is 98.3 cm³/mol. The molecule has 0 aromatic carbocycles. The van der Waals surface area contributed by atoms with Crippen LogP contribution in [0.2, 0.25) is 0 Å². The van der Waals surface area contributed by atoms with E-state index in [1.807, 2.05) is 6.20 Å². The number of nitrogens with zero attached hydrogens (tertiary/aromatic N) is 6. The van der Waals surface area contributed by atoms with E-state index in [2.05, 4.69) is 55.6 Å². The molecule has 0 aliphatic carbocycles. The number of hydrogen-bond donors (Lipinski definition) is 1. The van der Waals surface area contributed by atoms with Gasteiger partial charge in [-0.05, 0) is 33.0 Å². The first-order valence-corrected chi connectivity index (χ1v) is 9.42. The summed E-state index contributed by atoms with van der Waals surface area (Å²) in [6.07, 6.45) is 5.11. The number of aromatic nitrogens is 4. The molecule has 1 unspecified atom stereocenters. The van der Waals surface area contributed by atoms with Crippen LogP contribution >= 0.6 is 0 Å². The minimum absolute atomic E-state index is 0.503. The lowest BCUT2D eigenvalue weighted by Crippen LogP contribution is -2.49. The third-order valence-electron chi connectivity index (χ3n) is 5.46. The van der Waals surface area contributed by atoms with E-state index in [1.165, 1.54) is 5.69 Å². The summed E-state index contributed by atoms with van der Waals surface area (Å²) in [6, 6.07) is 2.70. The van der Waals surface area contributed by atoms with Gasteiger partial charge in [-0.15, -0.1) is 0 Å². The van der Waals surface area contributed by atoms with Gasteiger partial charge in [-0.3, -0.25) is 9.58 Å². The molecular weight excluding hydrogens is 314 g/mol. The number of likely N-dealkylation sites (N-methyl/N-ethyl adjacent to an activating group) is 1. The van der Waals surface area contributed by atoms with Crippen molar-refractivity contribution in [2.75, 3.05) is 39.8 Å². The molecule has 0 saturated carbocycles. The molecule has 0 amide bonds. The molecule has 0 spiro atoms. The van der Waals surface area contributed by atoms with Crippen molar-refractivity contribution in [2.45, 2.75) is 39.0 Å². The van der Waals surface area contributed by atoms with Gasteiger partial charge < -0.3 is 14.8 Å². The Bertz CT molecular complexity index is 673. The molecule has 1 fully saturated rings. The second kappa shape index (κ2) is 7.27. The van der Waals surface area contributed by atoms with E-state index >= 15 is 0 Å². The Labute approximate surface area is 149 Å². The number of rotatable bonds is 4. The second-order valence-corrected chi connectivity index (χ2v) is 7.37. The Balaban J connectivity index is 1.49. The van der Waals surface area contributed by atoms with Gasteiger partial charge in [-0.2, -0.15) is 5.10 Å². The van der Waals surface area contributed by atoms with Crippen LogP contribution in [0.1, 0.15) is 19.0 Å². The van der Waals surface area contributed by atoms with Gasteiger partial charge in [0, 0.05) is 64.2 Å². The van der Waals surface area contributed by atoms with Gasteiger partial charge >= 0.3 is 0 Å². The first kappa shape index (κ1) is 16.8. The molecule has 2 aromatic heterocycles. The summed E-state index contributed by atoms with van der Waals surface area (Å²) in [6.45, 7) is 10.8. The maximum atomic E-state index is 4.82. The van der Waals surface area contributed by atoms with Gasteiger partial charge in [0.1, 0.15) is 5.69 Å². The maximum absolute atomic E-state index is 4.82. The fourth-order valence-electron chi connectivity index (χ4n) is 3.82. The monoisotopic (exact) mass is 343 g/mol. The van der Waals surface area contributed by atoms with Gasteiger partial charge in [-0.1, -0.05) is 0 Å². The van der Waals surface area contributed by atoms with E-state index in [0.29, 0.717) is 6.04 Å². The third-order valence-corrected chi connectivity index (χ3v) is 5.46. The van der Waals surface area contributed by atoms with Crippen LogP contribution in [0.15, 0.2) is 18.5 Å². The third kappa shape index (κ3) is 3.63. The summed E-state index contributed by atoms with van der Waals surface area (Å²) in [5.41, 5.74) is 2.25. The van der Waals surface area contributed by atoms with Crippen LogP contribution in [-0.4, -0.2) is 74.9 Å². The smallest absolute Gasteiger partial charge is 0.160 e. The van der Waals surface area contributed by atoms with E-state index in [1.54, 1.807) is 0 Å². The highest BCUT2D eigenvalue weighted by Crippen LogP contribution is 2.20. The summed E-state index contributed by atoms with van der Waals surface area (Å²) in [5, 5.41) is 8.27. The Morgan fingerprint density at radius 1 is 1.20 bits per heavy atom. The summed E-state index contributed by atoms with van der Waals surface area (Å²) >= 11 is 0. The zero-order valence-corrected chi connectivity index (χ0v) is 15.4. The zero-order chi connectivity index (χ0) is 17.2. The average Bonchev–Trinajstić information content (AvgIpc) is 3.17. The van der Waals surface area contributed by atoms with Crippen molar-refractivity contribution in [3.8, 4) is 11.5 Å². The lowest BCUT2D eigenvalue weighted by molar-refractivity contribution is 0.111. The van der Waals surface area contributed by atoms with Crippen LogP contribution in [0.4, 0.5) is 0 Å². The molecule has 2 aliphatic heterocycles. The summed E-state index contributed by atoms with van der Waals surface area (Å²) in [4.78, 5) is 9.58. The van der Waals surface area contributed by atoms with E-state index in [4.69, 9.17) is 5.10 Å². The number of piperazine rings is 1. The summed E-state index contributed by atoms with van der Waals surface area (Å²) in [7, 11) is 2.20. The number of hydrogen-bond acceptors (Lipinski definition) is 5. The predicted octanol–water partition coefficient (Wildman–Crippen LogP) is 0.876. The van der Waals surface area contributed by atoms with Crippen LogP contribution in [-0.2, 0) is 19.6 Å². The Hall–Kier alpha value is -1.70. The minimum Gasteiger partial charge on any atom is -0.328 e. The Morgan fingerprint density at radius 3 is 2.88 bits per heavy atom. The first-order valence-electron chi connectivity index (χ1n) is 9.42. The van der Waals surface area contributed by atoms with Crippen LogP contribution in [0.5, 0.6) is 0 Å². The van der Waals surface area contributed by atoms with Gasteiger partial charge in [-0.25, -0.2) is 4.98 Å². The molecule has 1 atom stereocenters. The quantitative estimate of drug-likeness (QED) is 0.893. The fraction of sp³-hybridized carbons (Fsp3) is 0.667. The van der Waals surface area contributed by atoms with E-state index < -0.39 is 0 Å². The lowest BCUT2D eigenvalue weighted by Gasteiger charge is -2.36. The molecule has 1 N–H and O–H groups in total. The standard InChI is InChI=1S/C18H29N7/c1-15(23-10-8-22(2)9-11-23)14-24-7-5-20-18(24)17-12-16-13-19-4-3-6-25(16)21-17/h5,7,12,15,19H,3-4,6,8-11,13-14H2,1-2H3. The topological polar surface area (TPSA) is 54.2 Å². The normalized spacial score (nSPS) is 21.0. The van der Waals surface area contributed by atoms with Crippen molar-refractivity contribution in [1.82, 2.24) is 34.4 Å². The molecule has 0 radical (unpaired) electrons. The number of nitrogens with one attached hydrogen (secondary N) is 1. The molecule has 7 nitrogen and oxygen atoms in total. The van der Waals surface area contributed by atoms with Crippen molar-refractivity contribution in [3.05, 3.63) is 24.2 Å². The maximum Gasteiger partial charge on any atom is 0.160 e. The SMILES string of the molecule is CC(Cn1ccnc1-c1cc2n(n1)CCCNC2)N1CCN(C)CC1. The molecule has 136 valence electrons. The highest BCUT2D eigenvalue weighted by atomic mass is 15.3. The van der Waals surface area contributed by atoms with Crippen molar-refractivity contribution < 1.29 is 0 Å². The summed E-state index contributed by atoms with van der Waals surface area (Å²) < 4.78 is 4.40. The number of aryl methyl sites for hydroxylation is 1. The Kier molecular flexibility index (Phi) is 4.87. The zero-order valence-electron chi connectivity index (χ0n) is 15.4. The molecule has 2 aliphatic rings. The van der Waals surface area contributed by atoms with E-state index in [0.717, 1.165) is 70.3 Å². The minimum atomic E-state index is 0.503. The van der Waals surface area contributed by atoms with Gasteiger partial charge in [0.15, 0.2) is 5.82 Å². The fourth-order valence-corrected chi connectivity index (χ4v) is 3.82. The molecule has 25 heavy (non-hydrogen) atoms. The van der Waals surface area contributed by atoms with Crippen molar-refractivity contribution >= 4 is 0 Å². The molecule has 1 saturated heterocycles. The van der Waals surface area contributed by atoms with Gasteiger partial charge in [0.05, 0.1) is 5.69 Å². The van der Waals surface area contributed by atoms with Crippen LogP contribution in [0.25, 0.3) is 11.5 Å². The number of fused-ring (bicyclic) bond motifs is 1. The molecular formula is C18H29N7. The molecule has 0 bridgehead atoms. The Morgan fingerprint density at radius 2 is 2.04 bits per heavy atom. The highest BCUT2D eigenvalue weighted by Gasteiger charge is 2.21. The molecule has 4 rings (SSSR count). The van der Waals surface area contributed by atoms with Crippen molar-refractivity contribution in [1.29, 1.82) is 0 Å². The van der Waals surface area contributed by atoms with Crippen molar-refractivity contribution in [2.24, 2.45) is 0 Å². The molecule has 7 heteroatoms. The van der Waals surface area contributed by atoms with Crippen LogP contribution in [0.3, 0.4) is 0 Å². The van der Waals surface area contributed by atoms with E-state index in [9.17, 15) is 0 Å². The summed E-state index contributed by atoms with van der Waals surface area (Å²) in [5.74, 6) is 0.988. The largest absolute Gasteiger partial charge is 0.328 e. The van der Waals surface area contributed by atoms with Gasteiger partial charge in [0.2, 0.25) is 0 Å². The average molecular weight is 343 g/mol. The first-order chi connectivity index (χ1) is 12.2. The second-order valence-electron chi connectivity index (χ2n) is 7.37. The highest BCUT2D eigenvalue weighted by molar-refractivity contribution is 5.50. The lowest BCUT2D eigenvalue weighted by atomic mass is 10.2. The molecule has 2 aromatic rings. The molecule has 4 heterocycles.